The van der Waals surface area contributed by atoms with Gasteiger partial charge in [-0.15, -0.1) is 5.10 Å². The van der Waals surface area contributed by atoms with E-state index in [1.54, 1.807) is 0 Å². The molecule has 1 aromatic carbocycles. The highest BCUT2D eigenvalue weighted by atomic mass is 35.5. The number of halogens is 4. The van der Waals surface area contributed by atoms with E-state index in [0.717, 1.165) is 22.7 Å². The molecule has 0 atom stereocenters. The van der Waals surface area contributed by atoms with Crippen molar-refractivity contribution in [2.24, 2.45) is 0 Å². The second kappa shape index (κ2) is 11.1. The van der Waals surface area contributed by atoms with Crippen molar-refractivity contribution in [3.8, 4) is 0 Å². The Hall–Kier alpha value is -3.69. The van der Waals surface area contributed by atoms with Gasteiger partial charge in [0.2, 0.25) is 11.7 Å². The van der Waals surface area contributed by atoms with Crippen LogP contribution in [0.15, 0.2) is 23.0 Å². The molecule has 2 aliphatic rings. The Labute approximate surface area is 230 Å². The number of amides is 2. The molecule has 2 aliphatic heterocycles. The summed E-state index contributed by atoms with van der Waals surface area (Å²) in [5.74, 6) is -0.928. The zero-order chi connectivity index (χ0) is 28.6. The van der Waals surface area contributed by atoms with Crippen LogP contribution in [0.1, 0.15) is 18.2 Å². The Morgan fingerprint density at radius 1 is 1.20 bits per heavy atom. The molecule has 0 saturated carbocycles. The maximum absolute atomic E-state index is 13.7. The molecular weight excluding hydrogens is 557 g/mol. The van der Waals surface area contributed by atoms with Gasteiger partial charge in [-0.25, -0.2) is 0 Å². The lowest BCUT2D eigenvalue weighted by Gasteiger charge is -2.31. The minimum atomic E-state index is -4.59. The molecule has 2 saturated heterocycles. The van der Waals surface area contributed by atoms with Gasteiger partial charge in [0.15, 0.2) is 0 Å². The highest BCUT2D eigenvalue weighted by molar-refractivity contribution is 6.33. The predicted octanol–water partition coefficient (Wildman–Crippen LogP) is 1.54. The van der Waals surface area contributed by atoms with Crippen molar-refractivity contribution < 1.29 is 27.5 Å². The highest BCUT2D eigenvalue weighted by Crippen LogP contribution is 2.34. The van der Waals surface area contributed by atoms with Crippen LogP contribution in [0.5, 0.6) is 0 Å². The van der Waals surface area contributed by atoms with Crippen LogP contribution in [0.3, 0.4) is 0 Å². The number of anilines is 3. The second-order valence-corrected chi connectivity index (χ2v) is 9.65. The summed E-state index contributed by atoms with van der Waals surface area (Å²) in [6.07, 6.45) is -4.23. The van der Waals surface area contributed by atoms with Gasteiger partial charge in [-0.05, 0) is 24.6 Å². The van der Waals surface area contributed by atoms with E-state index in [4.69, 9.17) is 16.3 Å². The number of nitrogens with one attached hydrogen (secondary N) is 2. The number of alkyl halides is 3. The topological polar surface area (TPSA) is 126 Å². The van der Waals surface area contributed by atoms with Gasteiger partial charge >= 0.3 is 6.18 Å². The third-order valence-corrected chi connectivity index (χ3v) is 6.99. The number of benzene rings is 1. The highest BCUT2D eigenvalue weighted by Gasteiger charge is 2.32. The Bertz CT molecular complexity index is 1520. The Balaban J connectivity index is 1.57. The molecule has 0 unspecified atom stereocenters. The Morgan fingerprint density at radius 2 is 1.95 bits per heavy atom. The fourth-order valence-electron chi connectivity index (χ4n) is 4.78. The lowest BCUT2D eigenvalue weighted by molar-refractivity contribution is -0.137. The molecular formula is C24H26ClF3N8O4. The number of ether oxygens (including phenoxy) is 1. The molecule has 2 amide bonds. The lowest BCUT2D eigenvalue weighted by atomic mass is 10.2. The molecule has 0 radical (unpaired) electrons. The van der Waals surface area contributed by atoms with Crippen LogP contribution in [0, 0.1) is 0 Å². The number of hydrogen-bond donors (Lipinski definition) is 2. The van der Waals surface area contributed by atoms with Crippen LogP contribution in [0.4, 0.5) is 30.5 Å². The predicted molar refractivity (Wildman–Crippen MR) is 140 cm³/mol. The first kappa shape index (κ1) is 27.9. The number of carbonyl (C=O) groups excluding carboxylic acids is 2. The van der Waals surface area contributed by atoms with E-state index in [2.05, 4.69) is 20.7 Å². The van der Waals surface area contributed by atoms with Crippen molar-refractivity contribution in [1.82, 2.24) is 24.5 Å². The molecule has 40 heavy (non-hydrogen) atoms. The molecule has 4 heterocycles. The van der Waals surface area contributed by atoms with Crippen molar-refractivity contribution in [3.05, 3.63) is 44.8 Å². The number of morpholine rings is 1. The molecule has 0 spiro atoms. The fraction of sp³-hybridized carbons (Fsp3) is 0.458. The van der Waals surface area contributed by atoms with Crippen LogP contribution in [-0.2, 0) is 33.5 Å². The molecule has 2 fully saturated rings. The quantitative estimate of drug-likeness (QED) is 0.448. The molecule has 12 nitrogen and oxygen atoms in total. The van der Waals surface area contributed by atoms with Crippen molar-refractivity contribution >= 4 is 46.5 Å². The summed E-state index contributed by atoms with van der Waals surface area (Å²) in [5, 5.41) is 9.84. The molecule has 3 aromatic rings. The maximum Gasteiger partial charge on any atom is 0.416 e. The van der Waals surface area contributed by atoms with E-state index in [-0.39, 0.29) is 54.6 Å². The molecule has 0 aliphatic carbocycles. The van der Waals surface area contributed by atoms with Crippen LogP contribution < -0.4 is 26.0 Å². The third kappa shape index (κ3) is 5.36. The van der Waals surface area contributed by atoms with E-state index in [0.29, 0.717) is 44.0 Å². The first-order chi connectivity index (χ1) is 19.1. The Morgan fingerprint density at radius 3 is 2.60 bits per heavy atom. The number of aromatic nitrogens is 4. The zero-order valence-corrected chi connectivity index (χ0v) is 22.2. The minimum Gasteiger partial charge on any atom is -0.370 e. The van der Waals surface area contributed by atoms with E-state index in [1.807, 2.05) is 11.8 Å². The van der Waals surface area contributed by atoms with E-state index in [9.17, 15) is 27.6 Å². The third-order valence-electron chi connectivity index (χ3n) is 6.68. The van der Waals surface area contributed by atoms with E-state index < -0.39 is 23.2 Å². The van der Waals surface area contributed by atoms with Gasteiger partial charge in [0.1, 0.15) is 18.8 Å². The first-order valence-corrected chi connectivity index (χ1v) is 13.0. The van der Waals surface area contributed by atoms with Gasteiger partial charge in [0, 0.05) is 26.2 Å². The molecule has 5 rings (SSSR count). The molecule has 2 N–H and O–H groups in total. The summed E-state index contributed by atoms with van der Waals surface area (Å²) < 4.78 is 46.9. The number of piperazine rings is 1. The summed E-state index contributed by atoms with van der Waals surface area (Å²) in [6, 6.07) is 2.64. The lowest BCUT2D eigenvalue weighted by Crippen LogP contribution is -2.47. The number of nitrogens with zero attached hydrogens (tertiary/aromatic N) is 6. The molecule has 214 valence electrons. The average molecular weight is 583 g/mol. The summed E-state index contributed by atoms with van der Waals surface area (Å²) >= 11 is 6.04. The van der Waals surface area contributed by atoms with Crippen molar-refractivity contribution in [3.63, 3.8) is 0 Å². The van der Waals surface area contributed by atoms with E-state index in [1.165, 1.54) is 9.47 Å². The average Bonchev–Trinajstić information content (AvgIpc) is 3.37. The van der Waals surface area contributed by atoms with Gasteiger partial charge in [-0.3, -0.25) is 19.3 Å². The summed E-state index contributed by atoms with van der Waals surface area (Å²) in [6.45, 7) is 4.20. The van der Waals surface area contributed by atoms with Crippen LogP contribution in [0.25, 0.3) is 5.78 Å². The Kier molecular flexibility index (Phi) is 7.70. The van der Waals surface area contributed by atoms with Crippen LogP contribution in [-0.4, -0.2) is 76.9 Å². The van der Waals surface area contributed by atoms with Gasteiger partial charge in [-0.1, -0.05) is 18.5 Å². The number of hydrogen-bond acceptors (Lipinski definition) is 8. The van der Waals surface area contributed by atoms with E-state index >= 15 is 0 Å². The standard InChI is InChI=1S/C24H26ClF3N8O4/c1-2-17-20(33-7-5-29-6-8-33)21(39)36-23(31-22(32-36)34-9-10-40-13-19(34)38)35(17)12-18(37)30-16-4-3-14(11-15(16)25)24(26,27)28/h3-4,11,29H,2,5-10,12-13H2,1H3,(H,30,37). The van der Waals surface area contributed by atoms with Crippen molar-refractivity contribution in [2.45, 2.75) is 26.1 Å². The largest absolute Gasteiger partial charge is 0.416 e. The normalized spacial score (nSPS) is 16.6. The van der Waals surface area contributed by atoms with Crippen LogP contribution >= 0.6 is 11.6 Å². The first-order valence-electron chi connectivity index (χ1n) is 12.6. The summed E-state index contributed by atoms with van der Waals surface area (Å²) in [4.78, 5) is 47.1. The SMILES string of the molecule is CCc1c(N2CCNCC2)c(=O)n2nc(N3CCOCC3=O)nc2n1CC(=O)Nc1ccc(C(F)(F)F)cc1Cl. The molecule has 2 aromatic heterocycles. The van der Waals surface area contributed by atoms with Crippen molar-refractivity contribution in [2.75, 3.05) is 61.1 Å². The minimum absolute atomic E-state index is 0.00169. The summed E-state index contributed by atoms with van der Waals surface area (Å²) in [7, 11) is 0. The second-order valence-electron chi connectivity index (χ2n) is 9.24. The van der Waals surface area contributed by atoms with Gasteiger partial charge in [0.05, 0.1) is 35.1 Å². The zero-order valence-electron chi connectivity index (χ0n) is 21.4. The number of rotatable bonds is 6. The van der Waals surface area contributed by atoms with Gasteiger partial charge in [0.25, 0.3) is 17.4 Å². The van der Waals surface area contributed by atoms with Crippen molar-refractivity contribution in [1.29, 1.82) is 0 Å². The summed E-state index contributed by atoms with van der Waals surface area (Å²) in [5.41, 5.74) is -0.490. The van der Waals surface area contributed by atoms with Gasteiger partial charge < -0.3 is 24.8 Å². The monoisotopic (exact) mass is 582 g/mol. The number of carbonyl (C=O) groups is 2. The van der Waals surface area contributed by atoms with Gasteiger partial charge in [-0.2, -0.15) is 22.7 Å². The fourth-order valence-corrected chi connectivity index (χ4v) is 5.00. The molecule has 16 heteroatoms. The van der Waals surface area contributed by atoms with Crippen LogP contribution in [0.2, 0.25) is 5.02 Å². The smallest absolute Gasteiger partial charge is 0.370 e. The molecule has 0 bridgehead atoms. The maximum atomic E-state index is 13.7. The number of fused-ring (bicyclic) bond motifs is 1.